The van der Waals surface area contributed by atoms with E-state index < -0.39 is 0 Å². The Kier molecular flexibility index (Phi) is 4.90. The summed E-state index contributed by atoms with van der Waals surface area (Å²) in [5.74, 6) is 1.25. The molecule has 1 aromatic heterocycles. The fourth-order valence-corrected chi connectivity index (χ4v) is 2.35. The predicted molar refractivity (Wildman–Crippen MR) is 68.3 cm³/mol. The van der Waals surface area contributed by atoms with E-state index in [0.29, 0.717) is 24.9 Å². The minimum Gasteiger partial charge on any atom is -0.466 e. The zero-order chi connectivity index (χ0) is 13.7. The molecule has 1 aromatic rings. The Morgan fingerprint density at radius 2 is 2.37 bits per heavy atom. The molecule has 106 valence electrons. The van der Waals surface area contributed by atoms with Gasteiger partial charge in [0.2, 0.25) is 5.89 Å². The van der Waals surface area contributed by atoms with Crippen LogP contribution in [0.2, 0.25) is 0 Å². The molecule has 0 N–H and O–H groups in total. The molecule has 2 heterocycles. The highest BCUT2D eigenvalue weighted by Gasteiger charge is 2.27. The maximum Gasteiger partial charge on any atom is 0.310 e. The molecule has 1 saturated heterocycles. The third kappa shape index (κ3) is 3.76. The molecule has 6 heteroatoms. The van der Waals surface area contributed by atoms with Gasteiger partial charge in [0, 0.05) is 13.0 Å². The molecule has 0 radical (unpaired) electrons. The Labute approximate surface area is 113 Å². The first-order chi connectivity index (χ1) is 9.22. The van der Waals surface area contributed by atoms with Crippen molar-refractivity contribution in [3.63, 3.8) is 0 Å². The number of carbonyl (C=O) groups is 1. The minimum absolute atomic E-state index is 0.0220. The van der Waals surface area contributed by atoms with E-state index in [-0.39, 0.29) is 11.9 Å². The van der Waals surface area contributed by atoms with E-state index in [4.69, 9.17) is 9.26 Å². The van der Waals surface area contributed by atoms with Gasteiger partial charge in [0.15, 0.2) is 5.82 Å². The highest BCUT2D eigenvalue weighted by atomic mass is 16.5. The van der Waals surface area contributed by atoms with Crippen LogP contribution in [0.1, 0.15) is 38.4 Å². The zero-order valence-electron chi connectivity index (χ0n) is 11.6. The molecule has 6 nitrogen and oxygen atoms in total. The third-order valence-electron chi connectivity index (χ3n) is 3.30. The van der Waals surface area contributed by atoms with E-state index in [9.17, 15) is 4.79 Å². The average Bonchev–Trinajstić information content (AvgIpc) is 2.87. The fraction of sp³-hybridized carbons (Fsp3) is 0.769. The summed E-state index contributed by atoms with van der Waals surface area (Å²) in [5, 5.41) is 3.94. The number of esters is 1. The largest absolute Gasteiger partial charge is 0.466 e. The predicted octanol–water partition coefficient (Wildman–Crippen LogP) is 1.41. The lowest BCUT2D eigenvalue weighted by Crippen LogP contribution is -2.39. The van der Waals surface area contributed by atoms with E-state index in [0.717, 1.165) is 32.4 Å². The lowest BCUT2D eigenvalue weighted by Gasteiger charge is -2.30. The van der Waals surface area contributed by atoms with Crippen LogP contribution in [0.3, 0.4) is 0 Å². The van der Waals surface area contributed by atoms with Crippen LogP contribution in [0.5, 0.6) is 0 Å². The van der Waals surface area contributed by atoms with Crippen LogP contribution in [0.4, 0.5) is 0 Å². The summed E-state index contributed by atoms with van der Waals surface area (Å²) in [6.07, 6.45) is 2.65. The lowest BCUT2D eigenvalue weighted by atomic mass is 9.98. The molecule has 1 aliphatic rings. The van der Waals surface area contributed by atoms with Crippen LogP contribution >= 0.6 is 0 Å². The monoisotopic (exact) mass is 267 g/mol. The summed E-state index contributed by atoms with van der Waals surface area (Å²) in [6.45, 7) is 6.58. The first-order valence-electron chi connectivity index (χ1n) is 6.93. The van der Waals surface area contributed by atoms with Crippen LogP contribution in [0.25, 0.3) is 0 Å². The number of rotatable bonds is 5. The van der Waals surface area contributed by atoms with Gasteiger partial charge >= 0.3 is 5.97 Å². The molecule has 0 amide bonds. The summed E-state index contributed by atoms with van der Waals surface area (Å²) < 4.78 is 10.2. The van der Waals surface area contributed by atoms with Gasteiger partial charge in [0.05, 0.1) is 19.1 Å². The smallest absolute Gasteiger partial charge is 0.310 e. The Balaban J connectivity index is 1.88. The van der Waals surface area contributed by atoms with Crippen molar-refractivity contribution in [2.24, 2.45) is 5.92 Å². The van der Waals surface area contributed by atoms with Crippen molar-refractivity contribution in [1.29, 1.82) is 0 Å². The molecule has 0 saturated carbocycles. The van der Waals surface area contributed by atoms with Crippen molar-refractivity contribution in [1.82, 2.24) is 15.0 Å². The Morgan fingerprint density at radius 3 is 3.05 bits per heavy atom. The SMILES string of the molecule is CCOC(=O)[C@H]1CCCN(Cc2noc(CC)n2)C1. The van der Waals surface area contributed by atoms with Crippen molar-refractivity contribution >= 4 is 5.97 Å². The van der Waals surface area contributed by atoms with Gasteiger partial charge in [0.1, 0.15) is 0 Å². The van der Waals surface area contributed by atoms with Crippen molar-refractivity contribution < 1.29 is 14.1 Å². The molecular formula is C13H21N3O3. The molecule has 0 unspecified atom stereocenters. The summed E-state index contributed by atoms with van der Waals surface area (Å²) in [5.41, 5.74) is 0. The van der Waals surface area contributed by atoms with E-state index >= 15 is 0 Å². The maximum absolute atomic E-state index is 11.7. The summed E-state index contributed by atoms with van der Waals surface area (Å²) >= 11 is 0. The molecule has 1 aliphatic heterocycles. The van der Waals surface area contributed by atoms with E-state index in [2.05, 4.69) is 15.0 Å². The molecule has 0 aromatic carbocycles. The van der Waals surface area contributed by atoms with Gasteiger partial charge in [0.25, 0.3) is 0 Å². The van der Waals surface area contributed by atoms with Gasteiger partial charge in [-0.1, -0.05) is 12.1 Å². The first kappa shape index (κ1) is 14.0. The van der Waals surface area contributed by atoms with Crippen molar-refractivity contribution in [3.05, 3.63) is 11.7 Å². The Morgan fingerprint density at radius 1 is 1.53 bits per heavy atom. The standard InChI is InChI=1S/C13H21N3O3/c1-3-12-14-11(15-19-12)9-16-7-5-6-10(8-16)13(17)18-4-2/h10H,3-9H2,1-2H3/t10-/m0/s1. The number of aryl methyl sites for hydroxylation is 1. The third-order valence-corrected chi connectivity index (χ3v) is 3.30. The van der Waals surface area contributed by atoms with Crippen LogP contribution in [-0.2, 0) is 22.5 Å². The van der Waals surface area contributed by atoms with E-state index in [1.54, 1.807) is 0 Å². The number of likely N-dealkylation sites (tertiary alicyclic amines) is 1. The number of ether oxygens (including phenoxy) is 1. The Bertz CT molecular complexity index is 419. The minimum atomic E-state index is -0.0884. The highest BCUT2D eigenvalue weighted by Crippen LogP contribution is 2.19. The summed E-state index contributed by atoms with van der Waals surface area (Å²) in [4.78, 5) is 18.2. The molecule has 0 bridgehead atoms. The van der Waals surface area contributed by atoms with Gasteiger partial charge in [-0.05, 0) is 26.3 Å². The van der Waals surface area contributed by atoms with Crippen LogP contribution in [0.15, 0.2) is 4.52 Å². The van der Waals surface area contributed by atoms with Crippen LogP contribution in [-0.4, -0.2) is 40.7 Å². The lowest BCUT2D eigenvalue weighted by molar-refractivity contribution is -0.150. The molecule has 2 rings (SSSR count). The average molecular weight is 267 g/mol. The highest BCUT2D eigenvalue weighted by molar-refractivity contribution is 5.72. The summed E-state index contributed by atoms with van der Waals surface area (Å²) in [7, 11) is 0. The van der Waals surface area contributed by atoms with Crippen LogP contribution in [0, 0.1) is 5.92 Å². The summed E-state index contributed by atoms with van der Waals surface area (Å²) in [6, 6.07) is 0. The molecule has 0 aliphatic carbocycles. The second-order valence-corrected chi connectivity index (χ2v) is 4.78. The normalized spacial score (nSPS) is 20.4. The number of aromatic nitrogens is 2. The van der Waals surface area contributed by atoms with Crippen molar-refractivity contribution in [2.75, 3.05) is 19.7 Å². The molecule has 0 spiro atoms. The van der Waals surface area contributed by atoms with E-state index in [1.807, 2.05) is 13.8 Å². The number of piperidine rings is 1. The zero-order valence-corrected chi connectivity index (χ0v) is 11.6. The van der Waals surface area contributed by atoms with Gasteiger partial charge in [-0.15, -0.1) is 0 Å². The number of carbonyl (C=O) groups excluding carboxylic acids is 1. The van der Waals surface area contributed by atoms with Gasteiger partial charge in [-0.3, -0.25) is 9.69 Å². The molecule has 1 atom stereocenters. The van der Waals surface area contributed by atoms with Crippen LogP contribution < -0.4 is 0 Å². The number of hydrogen-bond donors (Lipinski definition) is 0. The Hall–Kier alpha value is -1.43. The fourth-order valence-electron chi connectivity index (χ4n) is 2.35. The van der Waals surface area contributed by atoms with Gasteiger partial charge in [-0.25, -0.2) is 0 Å². The van der Waals surface area contributed by atoms with Crippen molar-refractivity contribution in [2.45, 2.75) is 39.7 Å². The number of hydrogen-bond acceptors (Lipinski definition) is 6. The van der Waals surface area contributed by atoms with E-state index in [1.165, 1.54) is 0 Å². The van der Waals surface area contributed by atoms with Gasteiger partial charge < -0.3 is 9.26 Å². The quantitative estimate of drug-likeness (QED) is 0.751. The molecule has 19 heavy (non-hydrogen) atoms. The second kappa shape index (κ2) is 6.65. The van der Waals surface area contributed by atoms with Crippen molar-refractivity contribution in [3.8, 4) is 0 Å². The maximum atomic E-state index is 11.7. The second-order valence-electron chi connectivity index (χ2n) is 4.78. The van der Waals surface area contributed by atoms with Gasteiger partial charge in [-0.2, -0.15) is 4.98 Å². The molecular weight excluding hydrogens is 246 g/mol. The first-order valence-corrected chi connectivity index (χ1v) is 6.93. The number of nitrogens with zero attached hydrogens (tertiary/aromatic N) is 3. The topological polar surface area (TPSA) is 68.5 Å². The molecule has 1 fully saturated rings.